The summed E-state index contributed by atoms with van der Waals surface area (Å²) in [4.78, 5) is 16.8. The van der Waals surface area contributed by atoms with Crippen molar-refractivity contribution < 1.29 is 9.53 Å². The molecule has 0 fully saturated rings. The third kappa shape index (κ3) is 12.1. The van der Waals surface area contributed by atoms with E-state index in [4.69, 9.17) is 4.74 Å². The number of imidazole rings is 1. The van der Waals surface area contributed by atoms with E-state index >= 15 is 0 Å². The van der Waals surface area contributed by atoms with Gasteiger partial charge in [0.15, 0.2) is 0 Å². The van der Waals surface area contributed by atoms with Crippen LogP contribution >= 0.6 is 7.26 Å². The van der Waals surface area contributed by atoms with Crippen LogP contribution in [0.1, 0.15) is 116 Å². The molecule has 5 heteroatoms. The number of carbonyl (C=O) groups excluding carboxylic acids is 1. The molecule has 47 heavy (non-hydrogen) atoms. The number of nitrogens with zero attached hydrogens (tertiary/aromatic N) is 2. The average Bonchev–Trinajstić information content (AvgIpc) is 3.66. The van der Waals surface area contributed by atoms with Crippen LogP contribution in [-0.4, -0.2) is 28.3 Å². The molecule has 254 valence electrons. The van der Waals surface area contributed by atoms with Crippen LogP contribution in [-0.2, 0) is 9.53 Å². The number of hydrogen-bond acceptors (Lipinski definition) is 3. The van der Waals surface area contributed by atoms with E-state index in [-0.39, 0.29) is 5.97 Å². The molecule has 0 aliphatic carbocycles. The number of carbonyl (C=O) groups is 1. The maximum Gasteiger partial charge on any atom is 0.0948 e. The molecule has 4 aromatic rings. The normalized spacial score (nSPS) is 12.5. The van der Waals surface area contributed by atoms with Gasteiger partial charge in [-0.2, -0.15) is 0 Å². The molecule has 0 N–H and O–H groups in total. The molecule has 0 saturated carbocycles. The van der Waals surface area contributed by atoms with Crippen molar-refractivity contribution in [1.29, 1.82) is 0 Å². The Balaban J connectivity index is 1.08. The van der Waals surface area contributed by atoms with E-state index in [0.29, 0.717) is 19.1 Å². The number of aromatic nitrogens is 2. The maximum absolute atomic E-state index is 12.6. The van der Waals surface area contributed by atoms with Gasteiger partial charge in [0.1, 0.15) is 0 Å². The molecule has 0 bridgehead atoms. The van der Waals surface area contributed by atoms with Crippen molar-refractivity contribution in [2.24, 2.45) is 0 Å². The minimum atomic E-state index is -2.27. The van der Waals surface area contributed by atoms with Gasteiger partial charge >= 0.3 is 194 Å². The molecule has 1 unspecified atom stereocenters. The van der Waals surface area contributed by atoms with E-state index in [1.54, 1.807) is 0 Å². The van der Waals surface area contributed by atoms with Crippen molar-refractivity contribution in [3.05, 3.63) is 110 Å². The Morgan fingerprint density at radius 3 is 1.64 bits per heavy atom. The first-order valence-electron chi connectivity index (χ1n) is 18.5. The number of ether oxygens (including phenoxy) is 1. The second kappa shape index (κ2) is 21.6. The van der Waals surface area contributed by atoms with Crippen LogP contribution in [0, 0.1) is 0 Å². The molecule has 3 aromatic carbocycles. The fourth-order valence-electron chi connectivity index (χ4n) is 7.13. The Hall–Kier alpha value is -3.23. The molecule has 0 saturated heterocycles. The Labute approximate surface area is 285 Å². The summed E-state index contributed by atoms with van der Waals surface area (Å²) in [5.74, 6) is -0.0404. The molecule has 4 nitrogen and oxygen atoms in total. The van der Waals surface area contributed by atoms with Crippen LogP contribution in [0.15, 0.2) is 110 Å². The molecular formula is C42H59N2O2P. The van der Waals surface area contributed by atoms with E-state index in [1.807, 2.05) is 12.5 Å². The molecular weight excluding hydrogens is 595 g/mol. The molecule has 0 amide bonds. The third-order valence-corrected chi connectivity index (χ3v) is 14.8. The van der Waals surface area contributed by atoms with Gasteiger partial charge in [-0.3, -0.25) is 0 Å². The van der Waals surface area contributed by atoms with Crippen molar-refractivity contribution >= 4 is 29.1 Å². The zero-order valence-corrected chi connectivity index (χ0v) is 29.9. The Kier molecular flexibility index (Phi) is 16.8. The van der Waals surface area contributed by atoms with Crippen molar-refractivity contribution in [3.8, 4) is 0 Å². The minimum absolute atomic E-state index is 0.0404. The molecule has 4 rings (SSSR count). The summed E-state index contributed by atoms with van der Waals surface area (Å²) in [5.41, 5.74) is 0. The van der Waals surface area contributed by atoms with Gasteiger partial charge in [-0.15, -0.1) is 0 Å². The Bertz CT molecular complexity index is 1250. The number of benzene rings is 3. The molecule has 1 atom stereocenters. The van der Waals surface area contributed by atoms with Gasteiger partial charge in [0.2, 0.25) is 0 Å². The van der Waals surface area contributed by atoms with Crippen LogP contribution in [0.25, 0.3) is 0 Å². The van der Waals surface area contributed by atoms with Crippen molar-refractivity contribution in [1.82, 2.24) is 9.55 Å². The van der Waals surface area contributed by atoms with E-state index in [1.165, 1.54) is 93.0 Å². The van der Waals surface area contributed by atoms with Gasteiger partial charge in [-0.1, -0.05) is 45.4 Å². The second-order valence-electron chi connectivity index (χ2n) is 13.2. The Morgan fingerprint density at radius 1 is 0.660 bits per heavy atom. The summed E-state index contributed by atoms with van der Waals surface area (Å²) in [6.45, 7) is 2.76. The summed E-state index contributed by atoms with van der Waals surface area (Å²) >= 11 is 0. The predicted octanol–water partition coefficient (Wildman–Crippen LogP) is 9.96. The number of hydrogen-bond donors (Lipinski definition) is 0. The number of unbranched alkanes of at least 4 members (excludes halogenated alkanes) is 10. The first kappa shape index (κ1) is 36.6. The summed E-state index contributed by atoms with van der Waals surface area (Å²) in [6, 6.07) is 33.5. The zero-order chi connectivity index (χ0) is 32.8. The molecule has 0 aliphatic heterocycles. The van der Waals surface area contributed by atoms with Crippen LogP contribution in [0.3, 0.4) is 0 Å². The van der Waals surface area contributed by atoms with E-state index < -0.39 is 7.26 Å². The molecule has 1 heterocycles. The molecule has 1 aromatic heterocycles. The van der Waals surface area contributed by atoms with E-state index in [0.717, 1.165) is 25.4 Å². The molecule has 0 spiro atoms. The maximum atomic E-state index is 12.6. The monoisotopic (exact) mass is 654 g/mol. The van der Waals surface area contributed by atoms with Gasteiger partial charge in [0, 0.05) is 18.4 Å². The number of rotatable bonds is 24. The fourth-order valence-corrected chi connectivity index (χ4v) is 12.0. The van der Waals surface area contributed by atoms with Crippen molar-refractivity contribution in [2.75, 3.05) is 12.8 Å². The zero-order valence-electron chi connectivity index (χ0n) is 28.9. The van der Waals surface area contributed by atoms with Gasteiger partial charge < -0.3 is 4.57 Å². The smallest absolute Gasteiger partial charge is 0.0948 e. The first-order valence-corrected chi connectivity index (χ1v) is 20.7. The summed E-state index contributed by atoms with van der Waals surface area (Å²) in [5, 5.41) is 4.21. The Morgan fingerprint density at radius 2 is 1.15 bits per heavy atom. The van der Waals surface area contributed by atoms with E-state index in [2.05, 4.69) is 114 Å². The SMILES string of the molecule is CCCCC(CCCCCCCCCCCCC(=O)OCCC[PH](c1ccccc1)(c1ccccc1)c1ccccc1)n1ccnc1. The van der Waals surface area contributed by atoms with Gasteiger partial charge in [-0.25, -0.2) is 4.98 Å². The van der Waals surface area contributed by atoms with Gasteiger partial charge in [0.05, 0.1) is 6.33 Å². The van der Waals surface area contributed by atoms with Crippen LogP contribution in [0.4, 0.5) is 0 Å². The topological polar surface area (TPSA) is 44.1 Å². The van der Waals surface area contributed by atoms with Crippen molar-refractivity contribution in [3.63, 3.8) is 0 Å². The quantitative estimate of drug-likeness (QED) is 0.0429. The number of esters is 1. The van der Waals surface area contributed by atoms with Crippen LogP contribution in [0.5, 0.6) is 0 Å². The van der Waals surface area contributed by atoms with Gasteiger partial charge in [-0.05, 0) is 12.8 Å². The third-order valence-electron chi connectivity index (χ3n) is 9.76. The fraction of sp³-hybridized carbons (Fsp3) is 0.476. The summed E-state index contributed by atoms with van der Waals surface area (Å²) in [7, 11) is -2.27. The second-order valence-corrected chi connectivity index (χ2v) is 17.3. The van der Waals surface area contributed by atoms with E-state index in [9.17, 15) is 4.79 Å². The van der Waals surface area contributed by atoms with Crippen LogP contribution < -0.4 is 15.9 Å². The molecule has 0 radical (unpaired) electrons. The summed E-state index contributed by atoms with van der Waals surface area (Å²) < 4.78 is 8.08. The summed E-state index contributed by atoms with van der Waals surface area (Å²) in [6.07, 6.45) is 26.1. The first-order chi connectivity index (χ1) is 23.2. The predicted molar refractivity (Wildman–Crippen MR) is 203 cm³/mol. The average molecular weight is 655 g/mol. The van der Waals surface area contributed by atoms with Crippen LogP contribution in [0.2, 0.25) is 0 Å². The largest absolute Gasteiger partial charge is 0.334 e. The molecule has 0 aliphatic rings. The standard InChI is InChI=1S/C42H59N2O2P/c1-2-3-24-38(44-34-33-43-37-44)25-15-10-8-6-4-5-7-9-11-22-32-42(45)46-35-23-36-47(39-26-16-12-17-27-39,40-28-18-13-19-29-40)41-30-20-14-21-31-41/h12-14,16-21,26-31,33-34,37-38,47H,2-11,15,22-25,32,35-36H2,1H3. The minimum Gasteiger partial charge on any atom is -0.334 e. The van der Waals surface area contributed by atoms with Gasteiger partial charge in [0.25, 0.3) is 0 Å². The van der Waals surface area contributed by atoms with Crippen molar-refractivity contribution in [2.45, 2.75) is 116 Å².